The molecule has 0 bridgehead atoms. The first-order valence-corrected chi connectivity index (χ1v) is 12.6. The molecule has 1 heterocycles. The Kier molecular flexibility index (Phi) is 9.76. The molecule has 1 rings (SSSR count). The van der Waals surface area contributed by atoms with Crippen LogP contribution in [-0.2, 0) is 0 Å². The third kappa shape index (κ3) is 10.1. The summed E-state index contributed by atoms with van der Waals surface area (Å²) in [7, 11) is 1.97. The molecule has 0 radical (unpaired) electrons. The molecule has 0 N–H and O–H groups in total. The largest absolute Gasteiger partial charge is 0.341 e. The average Bonchev–Trinajstić information content (AvgIpc) is 2.93. The van der Waals surface area contributed by atoms with Gasteiger partial charge in [0.15, 0.2) is 5.96 Å². The molecule has 0 aliphatic carbocycles. The van der Waals surface area contributed by atoms with Gasteiger partial charge in [-0.15, -0.1) is 0 Å². The molecule has 0 aromatic rings. The van der Waals surface area contributed by atoms with Crippen molar-refractivity contribution in [3.8, 4) is 0 Å². The van der Waals surface area contributed by atoms with Crippen molar-refractivity contribution in [1.82, 2.24) is 9.80 Å². The quantitative estimate of drug-likeness (QED) is 0.325. The molecule has 3 heteroatoms. The van der Waals surface area contributed by atoms with Crippen LogP contribution in [0.2, 0.25) is 0 Å². The van der Waals surface area contributed by atoms with Crippen LogP contribution < -0.4 is 0 Å². The third-order valence-electron chi connectivity index (χ3n) is 6.89. The Labute approximate surface area is 190 Å². The lowest BCUT2D eigenvalue weighted by Crippen LogP contribution is -2.35. The Morgan fingerprint density at radius 3 is 1.50 bits per heavy atom. The van der Waals surface area contributed by atoms with E-state index in [9.17, 15) is 0 Å². The number of aliphatic imine (C=N–C) groups is 1. The summed E-state index contributed by atoms with van der Waals surface area (Å²) < 4.78 is 0. The Balaban J connectivity index is 2.47. The number of hydrogen-bond donors (Lipinski definition) is 0. The normalized spacial score (nSPS) is 18.0. The highest BCUT2D eigenvalue weighted by Gasteiger charge is 2.30. The topological polar surface area (TPSA) is 18.8 Å². The fourth-order valence-corrected chi connectivity index (χ4v) is 5.88. The monoisotopic (exact) mass is 421 g/mol. The van der Waals surface area contributed by atoms with E-state index in [4.69, 9.17) is 0 Å². The summed E-state index contributed by atoms with van der Waals surface area (Å²) in [4.78, 5) is 9.74. The van der Waals surface area contributed by atoms with Crippen LogP contribution >= 0.6 is 0 Å². The molecule has 1 aliphatic heterocycles. The summed E-state index contributed by atoms with van der Waals surface area (Å²) >= 11 is 0. The van der Waals surface area contributed by atoms with Gasteiger partial charge in [0.05, 0.1) is 0 Å². The second kappa shape index (κ2) is 10.7. The van der Waals surface area contributed by atoms with E-state index in [1.165, 1.54) is 50.9 Å². The molecule has 0 spiro atoms. The van der Waals surface area contributed by atoms with E-state index in [0.717, 1.165) is 26.2 Å². The summed E-state index contributed by atoms with van der Waals surface area (Å²) in [6, 6.07) is 0. The van der Waals surface area contributed by atoms with E-state index in [2.05, 4.69) is 84.0 Å². The lowest BCUT2D eigenvalue weighted by atomic mass is 9.72. The number of nitrogens with zero attached hydrogens (tertiary/aromatic N) is 3. The molecule has 1 saturated heterocycles. The van der Waals surface area contributed by atoms with E-state index in [-0.39, 0.29) is 0 Å². The minimum Gasteiger partial charge on any atom is -0.341 e. The Morgan fingerprint density at radius 2 is 1.13 bits per heavy atom. The SMILES string of the molecule is CCC(C)(C)CC(C)(C)CCCN1CCN(CCCC(C)(C)CC(C)(C)C)/C1=N\C. The summed E-state index contributed by atoms with van der Waals surface area (Å²) in [5, 5.41) is 0. The fourth-order valence-electron chi connectivity index (χ4n) is 5.88. The van der Waals surface area contributed by atoms with Crippen molar-refractivity contribution in [2.24, 2.45) is 26.7 Å². The molecule has 3 nitrogen and oxygen atoms in total. The Morgan fingerprint density at radius 1 is 0.700 bits per heavy atom. The maximum atomic E-state index is 4.68. The van der Waals surface area contributed by atoms with Crippen LogP contribution in [0.3, 0.4) is 0 Å². The predicted molar refractivity (Wildman–Crippen MR) is 135 cm³/mol. The summed E-state index contributed by atoms with van der Waals surface area (Å²) in [5.41, 5.74) is 1.69. The molecule has 0 atom stereocenters. The molecule has 0 unspecified atom stereocenters. The van der Waals surface area contributed by atoms with E-state index < -0.39 is 0 Å². The molecule has 0 saturated carbocycles. The summed E-state index contributed by atoms with van der Waals surface area (Å²) in [6.07, 6.45) is 8.96. The minimum absolute atomic E-state index is 0.407. The van der Waals surface area contributed by atoms with Gasteiger partial charge in [-0.25, -0.2) is 0 Å². The molecule has 0 aromatic carbocycles. The van der Waals surface area contributed by atoms with Gasteiger partial charge in [0.1, 0.15) is 0 Å². The van der Waals surface area contributed by atoms with Crippen molar-refractivity contribution < 1.29 is 0 Å². The van der Waals surface area contributed by atoms with Gasteiger partial charge in [-0.05, 0) is 60.2 Å². The highest BCUT2D eigenvalue weighted by molar-refractivity contribution is 5.81. The van der Waals surface area contributed by atoms with Gasteiger partial charge in [-0.3, -0.25) is 4.99 Å². The second-order valence-corrected chi connectivity index (χ2v) is 13.5. The van der Waals surface area contributed by atoms with Crippen LogP contribution in [0.25, 0.3) is 0 Å². The zero-order valence-corrected chi connectivity index (χ0v) is 22.6. The van der Waals surface area contributed by atoms with Crippen LogP contribution in [0, 0.1) is 21.7 Å². The van der Waals surface area contributed by atoms with Crippen LogP contribution in [0.1, 0.15) is 114 Å². The smallest absolute Gasteiger partial charge is 0.196 e. The van der Waals surface area contributed by atoms with Crippen LogP contribution in [-0.4, -0.2) is 49.0 Å². The van der Waals surface area contributed by atoms with Crippen molar-refractivity contribution in [3.05, 3.63) is 0 Å². The summed E-state index contributed by atoms with van der Waals surface area (Å²) in [5.74, 6) is 1.23. The molecule has 1 fully saturated rings. The van der Waals surface area contributed by atoms with Gasteiger partial charge in [0, 0.05) is 33.2 Å². The highest BCUT2D eigenvalue weighted by atomic mass is 15.4. The van der Waals surface area contributed by atoms with Crippen molar-refractivity contribution in [2.75, 3.05) is 33.2 Å². The van der Waals surface area contributed by atoms with E-state index in [1.807, 2.05) is 7.05 Å². The van der Waals surface area contributed by atoms with Crippen molar-refractivity contribution in [1.29, 1.82) is 0 Å². The molecule has 0 amide bonds. The molecule has 178 valence electrons. The highest BCUT2D eigenvalue weighted by Crippen LogP contribution is 2.39. The standard InChI is InChI=1S/C27H55N3/c1-12-25(5,6)22-27(9,10)16-14-18-30-20-19-29(23(30)28-11)17-13-15-26(7,8)21-24(2,3)4/h12-22H2,1-11H3/b28-23+. The fraction of sp³-hybridized carbons (Fsp3) is 0.963. The second-order valence-electron chi connectivity index (χ2n) is 13.5. The van der Waals surface area contributed by atoms with Gasteiger partial charge in [0.25, 0.3) is 0 Å². The van der Waals surface area contributed by atoms with Crippen LogP contribution in [0.4, 0.5) is 0 Å². The van der Waals surface area contributed by atoms with Gasteiger partial charge in [0.2, 0.25) is 0 Å². The van der Waals surface area contributed by atoms with Gasteiger partial charge in [-0.1, -0.05) is 75.7 Å². The lowest BCUT2D eigenvalue weighted by molar-refractivity contribution is 0.171. The maximum Gasteiger partial charge on any atom is 0.196 e. The van der Waals surface area contributed by atoms with Crippen LogP contribution in [0.5, 0.6) is 0 Å². The molecular weight excluding hydrogens is 366 g/mol. The summed E-state index contributed by atoms with van der Waals surface area (Å²) in [6.45, 7) is 28.6. The Bertz CT molecular complexity index is 537. The number of hydrogen-bond acceptors (Lipinski definition) is 1. The zero-order valence-electron chi connectivity index (χ0n) is 22.6. The molecule has 1 aliphatic rings. The van der Waals surface area contributed by atoms with Gasteiger partial charge >= 0.3 is 0 Å². The van der Waals surface area contributed by atoms with Gasteiger partial charge < -0.3 is 9.80 Å². The van der Waals surface area contributed by atoms with Gasteiger partial charge in [-0.2, -0.15) is 0 Å². The minimum atomic E-state index is 0.407. The predicted octanol–water partition coefficient (Wildman–Crippen LogP) is 7.47. The number of guanidine groups is 1. The first-order valence-electron chi connectivity index (χ1n) is 12.6. The third-order valence-corrected chi connectivity index (χ3v) is 6.89. The molecule has 30 heavy (non-hydrogen) atoms. The first kappa shape index (κ1) is 27.3. The zero-order chi connectivity index (χ0) is 23.2. The van der Waals surface area contributed by atoms with E-state index in [1.54, 1.807) is 0 Å². The van der Waals surface area contributed by atoms with Crippen molar-refractivity contribution in [3.63, 3.8) is 0 Å². The lowest BCUT2D eigenvalue weighted by Gasteiger charge is -2.35. The van der Waals surface area contributed by atoms with E-state index >= 15 is 0 Å². The van der Waals surface area contributed by atoms with E-state index in [0.29, 0.717) is 21.7 Å². The van der Waals surface area contributed by atoms with Crippen LogP contribution in [0.15, 0.2) is 4.99 Å². The number of rotatable bonds is 12. The first-order chi connectivity index (χ1) is 13.6. The average molecular weight is 422 g/mol. The Hall–Kier alpha value is -0.730. The molecular formula is C27H55N3. The maximum absolute atomic E-state index is 4.68. The molecule has 0 aromatic heterocycles. The van der Waals surface area contributed by atoms with Crippen molar-refractivity contribution in [2.45, 2.75) is 114 Å². The van der Waals surface area contributed by atoms with Crippen molar-refractivity contribution >= 4 is 5.96 Å².